The molecule has 0 unspecified atom stereocenters. The van der Waals surface area contributed by atoms with Gasteiger partial charge in [0.25, 0.3) is 0 Å². The number of halogens is 5. The van der Waals surface area contributed by atoms with Gasteiger partial charge in [-0.25, -0.2) is 26.6 Å². The molecule has 0 aliphatic carbocycles. The van der Waals surface area contributed by atoms with Gasteiger partial charge in [-0.3, -0.25) is 0 Å². The third kappa shape index (κ3) is 1.81. The number of hydrogen-bond acceptors (Lipinski definition) is 3. The molecule has 0 aliphatic heterocycles. The molecule has 1 aromatic heterocycles. The second-order valence-electron chi connectivity index (χ2n) is 3.61. The van der Waals surface area contributed by atoms with Crippen molar-refractivity contribution in [2.24, 2.45) is 0 Å². The van der Waals surface area contributed by atoms with Gasteiger partial charge in [-0.1, -0.05) is 12.1 Å². The Bertz CT molecular complexity index is 623. The largest absolute Gasteiger partial charge is 0.381 e. The van der Waals surface area contributed by atoms with Crippen molar-refractivity contribution in [1.29, 1.82) is 0 Å². The van der Waals surface area contributed by atoms with Crippen LogP contribution >= 0.6 is 0 Å². The molecule has 19 heavy (non-hydrogen) atoms. The van der Waals surface area contributed by atoms with Crippen molar-refractivity contribution in [3.05, 3.63) is 34.8 Å². The Morgan fingerprint density at radius 3 is 1.89 bits per heavy atom. The zero-order chi connectivity index (χ0) is 14.3. The molecule has 2 N–H and O–H groups in total. The minimum absolute atomic E-state index is 0.0446. The monoisotopic (exact) mass is 278 g/mol. The molecule has 102 valence electrons. The zero-order valence-corrected chi connectivity index (χ0v) is 9.52. The Balaban J connectivity index is 2.83. The second-order valence-corrected chi connectivity index (χ2v) is 3.61. The van der Waals surface area contributed by atoms with Crippen LogP contribution in [0.5, 0.6) is 0 Å². The average molecular weight is 278 g/mol. The Hall–Kier alpha value is -2.19. The van der Waals surface area contributed by atoms with E-state index in [-0.39, 0.29) is 17.9 Å². The number of anilines is 1. The molecule has 0 radical (unpaired) electrons. The highest BCUT2D eigenvalue weighted by molar-refractivity contribution is 5.43. The summed E-state index contributed by atoms with van der Waals surface area (Å²) >= 11 is 0. The lowest BCUT2D eigenvalue weighted by atomic mass is 10.2. The van der Waals surface area contributed by atoms with Gasteiger partial charge in [0.15, 0.2) is 29.1 Å². The summed E-state index contributed by atoms with van der Waals surface area (Å²) in [6.07, 6.45) is 0.151. The highest BCUT2D eigenvalue weighted by Gasteiger charge is 2.28. The zero-order valence-electron chi connectivity index (χ0n) is 9.52. The van der Waals surface area contributed by atoms with E-state index in [0.29, 0.717) is 4.68 Å². The van der Waals surface area contributed by atoms with E-state index in [0.717, 1.165) is 0 Å². The van der Waals surface area contributed by atoms with Crippen molar-refractivity contribution in [3.8, 4) is 5.69 Å². The maximum absolute atomic E-state index is 13.6. The number of nitrogens with zero attached hydrogens (tertiary/aromatic N) is 3. The predicted molar refractivity (Wildman–Crippen MR) is 54.9 cm³/mol. The van der Waals surface area contributed by atoms with Gasteiger partial charge in [-0.05, 0) is 6.42 Å². The Morgan fingerprint density at radius 2 is 1.42 bits per heavy atom. The van der Waals surface area contributed by atoms with E-state index < -0.39 is 34.8 Å². The maximum Gasteiger partial charge on any atom is 0.200 e. The molecule has 0 saturated carbocycles. The summed E-state index contributed by atoms with van der Waals surface area (Å²) in [7, 11) is 0. The first-order valence-electron chi connectivity index (χ1n) is 5.12. The summed E-state index contributed by atoms with van der Waals surface area (Å²) in [6.45, 7) is 1.57. The van der Waals surface area contributed by atoms with Crippen LogP contribution in [0.15, 0.2) is 0 Å². The van der Waals surface area contributed by atoms with E-state index in [1.54, 1.807) is 6.92 Å². The normalized spacial score (nSPS) is 11.1. The Labute approximate surface area is 103 Å². The van der Waals surface area contributed by atoms with Crippen LogP contribution in [0.1, 0.15) is 12.6 Å². The molecule has 0 aliphatic rings. The van der Waals surface area contributed by atoms with Gasteiger partial charge in [-0.2, -0.15) is 0 Å². The van der Waals surface area contributed by atoms with Crippen molar-refractivity contribution in [2.75, 3.05) is 5.73 Å². The fourth-order valence-electron chi connectivity index (χ4n) is 1.60. The SMILES string of the molecule is CCc1c(N)nnn1-c1c(F)c(F)c(F)c(F)c1F. The first kappa shape index (κ1) is 13.2. The molecule has 1 heterocycles. The van der Waals surface area contributed by atoms with Gasteiger partial charge in [0.1, 0.15) is 5.69 Å². The molecule has 0 bridgehead atoms. The van der Waals surface area contributed by atoms with Gasteiger partial charge in [-0.15, -0.1) is 5.10 Å². The first-order chi connectivity index (χ1) is 8.90. The van der Waals surface area contributed by atoms with E-state index in [2.05, 4.69) is 10.3 Å². The molecule has 2 aromatic rings. The molecular formula is C10H7F5N4. The van der Waals surface area contributed by atoms with Crippen molar-refractivity contribution >= 4 is 5.82 Å². The molecule has 1 aromatic carbocycles. The Morgan fingerprint density at radius 1 is 0.947 bits per heavy atom. The van der Waals surface area contributed by atoms with Crippen molar-refractivity contribution in [3.63, 3.8) is 0 Å². The van der Waals surface area contributed by atoms with Crippen LogP contribution in [0.4, 0.5) is 27.8 Å². The highest BCUT2D eigenvalue weighted by Crippen LogP contribution is 2.27. The summed E-state index contributed by atoms with van der Waals surface area (Å²) in [5.74, 6) is -10.5. The van der Waals surface area contributed by atoms with Gasteiger partial charge in [0, 0.05) is 0 Å². The second kappa shape index (κ2) is 4.48. The highest BCUT2D eigenvalue weighted by atomic mass is 19.2. The summed E-state index contributed by atoms with van der Waals surface area (Å²) in [6, 6.07) is 0. The van der Waals surface area contributed by atoms with Crippen LogP contribution in [0.25, 0.3) is 5.69 Å². The van der Waals surface area contributed by atoms with Gasteiger partial charge < -0.3 is 5.73 Å². The third-order valence-electron chi connectivity index (χ3n) is 2.53. The van der Waals surface area contributed by atoms with E-state index in [1.165, 1.54) is 0 Å². The molecule has 4 nitrogen and oxygen atoms in total. The number of nitrogen functional groups attached to an aromatic ring is 1. The quantitative estimate of drug-likeness (QED) is 0.520. The minimum atomic E-state index is -2.23. The predicted octanol–water partition coefficient (Wildman–Crippen LogP) is 2.11. The van der Waals surface area contributed by atoms with Crippen LogP contribution < -0.4 is 5.73 Å². The van der Waals surface area contributed by atoms with Crippen molar-refractivity contribution in [2.45, 2.75) is 13.3 Å². The standard InChI is InChI=1S/C10H7F5N4/c1-2-3-10(16)17-18-19(3)9-7(14)5(12)4(11)6(13)8(9)15/h2,16H2,1H3. The van der Waals surface area contributed by atoms with E-state index in [4.69, 9.17) is 5.73 Å². The van der Waals surface area contributed by atoms with Crippen molar-refractivity contribution in [1.82, 2.24) is 15.0 Å². The third-order valence-corrected chi connectivity index (χ3v) is 2.53. The van der Waals surface area contributed by atoms with E-state index in [9.17, 15) is 22.0 Å². The van der Waals surface area contributed by atoms with Crippen LogP contribution in [0, 0.1) is 29.1 Å². The maximum atomic E-state index is 13.6. The summed E-state index contributed by atoms with van der Waals surface area (Å²) in [4.78, 5) is 0. The molecule has 2 rings (SSSR count). The molecule has 9 heteroatoms. The number of nitrogens with two attached hydrogens (primary N) is 1. The lowest BCUT2D eigenvalue weighted by Gasteiger charge is -2.09. The summed E-state index contributed by atoms with van der Waals surface area (Å²) in [5, 5.41) is 6.64. The number of aromatic nitrogens is 3. The molecule has 0 fully saturated rings. The van der Waals surface area contributed by atoms with E-state index in [1.807, 2.05) is 0 Å². The number of rotatable bonds is 2. The summed E-state index contributed by atoms with van der Waals surface area (Å²) < 4.78 is 66.7. The summed E-state index contributed by atoms with van der Waals surface area (Å²) in [5.41, 5.74) is 4.24. The van der Waals surface area contributed by atoms with Gasteiger partial charge in [0.05, 0.1) is 5.69 Å². The van der Waals surface area contributed by atoms with Crippen LogP contribution in [0.2, 0.25) is 0 Å². The van der Waals surface area contributed by atoms with Crippen LogP contribution in [-0.2, 0) is 6.42 Å². The van der Waals surface area contributed by atoms with Gasteiger partial charge in [0.2, 0.25) is 5.82 Å². The average Bonchev–Trinajstić information content (AvgIpc) is 2.75. The van der Waals surface area contributed by atoms with Crippen LogP contribution in [-0.4, -0.2) is 15.0 Å². The molecular weight excluding hydrogens is 271 g/mol. The molecule has 0 amide bonds. The van der Waals surface area contributed by atoms with Crippen molar-refractivity contribution < 1.29 is 22.0 Å². The smallest absolute Gasteiger partial charge is 0.200 e. The lowest BCUT2D eigenvalue weighted by molar-refractivity contribution is 0.373. The molecule has 0 atom stereocenters. The molecule has 0 saturated heterocycles. The van der Waals surface area contributed by atoms with Crippen LogP contribution in [0.3, 0.4) is 0 Å². The Kier molecular flexibility index (Phi) is 3.13. The number of benzene rings is 1. The fourth-order valence-corrected chi connectivity index (χ4v) is 1.60. The first-order valence-corrected chi connectivity index (χ1v) is 5.12. The fraction of sp³-hybridized carbons (Fsp3) is 0.200. The molecule has 0 spiro atoms. The minimum Gasteiger partial charge on any atom is -0.381 e. The number of hydrogen-bond donors (Lipinski definition) is 1. The lowest BCUT2D eigenvalue weighted by Crippen LogP contribution is -2.13. The topological polar surface area (TPSA) is 56.7 Å². The van der Waals surface area contributed by atoms with Gasteiger partial charge >= 0.3 is 0 Å². The van der Waals surface area contributed by atoms with E-state index >= 15 is 0 Å².